The molecule has 2 aromatic rings. The summed E-state index contributed by atoms with van der Waals surface area (Å²) in [4.78, 5) is 15.4. The number of fused-ring (bicyclic) bond motifs is 1. The maximum absolute atomic E-state index is 10.9. The molecule has 1 aromatic carbocycles. The molecule has 0 spiro atoms. The van der Waals surface area contributed by atoms with Gasteiger partial charge in [0.05, 0.1) is 11.9 Å². The third-order valence-electron chi connectivity index (χ3n) is 4.08. The summed E-state index contributed by atoms with van der Waals surface area (Å²) in [5.74, 6) is 1.19. The number of rotatable bonds is 6. The zero-order valence-corrected chi connectivity index (χ0v) is 12.9. The highest BCUT2D eigenvalue weighted by Gasteiger charge is 2.44. The van der Waals surface area contributed by atoms with Gasteiger partial charge in [0.2, 0.25) is 0 Å². The Kier molecular flexibility index (Phi) is 3.89. The first-order chi connectivity index (χ1) is 10.1. The van der Waals surface area contributed by atoms with Gasteiger partial charge in [-0.25, -0.2) is 0 Å². The first-order valence-electron chi connectivity index (χ1n) is 7.23. The van der Waals surface area contributed by atoms with E-state index in [0.717, 1.165) is 35.6 Å². The monoisotopic (exact) mass is 301 g/mol. The molecular formula is C17H19NO2S. The maximum atomic E-state index is 10.9. The number of carboxylic acids is 1. The summed E-state index contributed by atoms with van der Waals surface area (Å²) in [5.41, 5.74) is 3.44. The smallest absolute Gasteiger partial charge is 0.303 e. The van der Waals surface area contributed by atoms with Crippen molar-refractivity contribution < 1.29 is 9.90 Å². The number of aliphatic carboxylic acids is 1. The Morgan fingerprint density at radius 3 is 2.86 bits per heavy atom. The summed E-state index contributed by atoms with van der Waals surface area (Å²) < 4.78 is 0. The summed E-state index contributed by atoms with van der Waals surface area (Å²) in [6, 6.07) is 10.4. The van der Waals surface area contributed by atoms with Gasteiger partial charge in [-0.05, 0) is 48.6 Å². The number of hydrogen-bond donors (Lipinski definition) is 1. The Labute approximate surface area is 128 Å². The minimum atomic E-state index is -0.668. The standard InChI is InChI=1S/C17H19NO2S/c1-12-8-13(14-4-2-3-5-15(14)18-12)10-21-11-17(6-7-17)9-16(19)20/h2-5,8H,6-7,9-11H2,1H3,(H,19,20). The quantitative estimate of drug-likeness (QED) is 0.875. The number of hydrogen-bond acceptors (Lipinski definition) is 3. The van der Waals surface area contributed by atoms with E-state index in [1.807, 2.05) is 36.9 Å². The number of pyridine rings is 1. The summed E-state index contributed by atoms with van der Waals surface area (Å²) in [5, 5.41) is 10.2. The Hall–Kier alpha value is -1.55. The van der Waals surface area contributed by atoms with E-state index in [9.17, 15) is 4.79 Å². The van der Waals surface area contributed by atoms with Crippen LogP contribution in [0.4, 0.5) is 0 Å². The molecular weight excluding hydrogens is 282 g/mol. The Balaban J connectivity index is 1.70. The fourth-order valence-corrected chi connectivity index (χ4v) is 4.15. The molecule has 1 fully saturated rings. The van der Waals surface area contributed by atoms with Crippen LogP contribution in [0.3, 0.4) is 0 Å². The maximum Gasteiger partial charge on any atom is 0.303 e. The Morgan fingerprint density at radius 2 is 2.14 bits per heavy atom. The lowest BCUT2D eigenvalue weighted by Gasteiger charge is -2.13. The lowest BCUT2D eigenvalue weighted by molar-refractivity contribution is -0.138. The van der Waals surface area contributed by atoms with Crippen LogP contribution < -0.4 is 0 Å². The molecule has 110 valence electrons. The molecule has 1 heterocycles. The van der Waals surface area contributed by atoms with Crippen molar-refractivity contribution in [1.82, 2.24) is 4.98 Å². The lowest BCUT2D eigenvalue weighted by Crippen LogP contribution is -2.11. The second-order valence-electron chi connectivity index (χ2n) is 6.00. The van der Waals surface area contributed by atoms with E-state index >= 15 is 0 Å². The molecule has 0 atom stereocenters. The van der Waals surface area contributed by atoms with Crippen LogP contribution in [0.25, 0.3) is 10.9 Å². The number of benzene rings is 1. The second kappa shape index (κ2) is 5.68. The third-order valence-corrected chi connectivity index (χ3v) is 5.41. The van der Waals surface area contributed by atoms with Crippen LogP contribution in [0.15, 0.2) is 30.3 Å². The van der Waals surface area contributed by atoms with E-state index in [-0.39, 0.29) is 5.41 Å². The molecule has 21 heavy (non-hydrogen) atoms. The molecule has 0 radical (unpaired) electrons. The minimum absolute atomic E-state index is 0.0639. The van der Waals surface area contributed by atoms with Crippen LogP contribution >= 0.6 is 11.8 Å². The van der Waals surface area contributed by atoms with Crippen molar-refractivity contribution in [2.45, 2.75) is 31.9 Å². The van der Waals surface area contributed by atoms with Gasteiger partial charge in [0.25, 0.3) is 0 Å². The van der Waals surface area contributed by atoms with Crippen LogP contribution in [-0.4, -0.2) is 21.8 Å². The van der Waals surface area contributed by atoms with E-state index in [1.165, 1.54) is 10.9 Å². The molecule has 0 bridgehead atoms. The largest absolute Gasteiger partial charge is 0.481 e. The van der Waals surface area contributed by atoms with Crippen LogP contribution in [0, 0.1) is 12.3 Å². The number of carbonyl (C=O) groups is 1. The highest BCUT2D eigenvalue weighted by atomic mass is 32.2. The molecule has 1 aliphatic carbocycles. The van der Waals surface area contributed by atoms with Gasteiger partial charge in [-0.1, -0.05) is 18.2 Å². The Morgan fingerprint density at radius 1 is 1.38 bits per heavy atom. The van der Waals surface area contributed by atoms with Crippen molar-refractivity contribution in [3.05, 3.63) is 41.6 Å². The van der Waals surface area contributed by atoms with Gasteiger partial charge >= 0.3 is 5.97 Å². The number of carboxylic acid groups (broad SMARTS) is 1. The number of aromatic nitrogens is 1. The SMILES string of the molecule is Cc1cc(CSCC2(CC(=O)O)CC2)c2ccccc2n1. The molecule has 0 unspecified atom stereocenters. The van der Waals surface area contributed by atoms with E-state index in [4.69, 9.17) is 5.11 Å². The predicted octanol–water partition coefficient (Wildman–Crippen LogP) is 4.03. The van der Waals surface area contributed by atoms with Gasteiger partial charge in [-0.3, -0.25) is 9.78 Å². The number of thioether (sulfide) groups is 1. The average molecular weight is 301 g/mol. The number of nitrogens with zero attached hydrogens (tertiary/aromatic N) is 1. The zero-order valence-electron chi connectivity index (χ0n) is 12.1. The van der Waals surface area contributed by atoms with Crippen molar-refractivity contribution in [3.63, 3.8) is 0 Å². The van der Waals surface area contributed by atoms with Crippen molar-refractivity contribution in [2.24, 2.45) is 5.41 Å². The van der Waals surface area contributed by atoms with Crippen LogP contribution in [-0.2, 0) is 10.5 Å². The molecule has 4 heteroatoms. The predicted molar refractivity (Wildman–Crippen MR) is 86.6 cm³/mol. The first kappa shape index (κ1) is 14.4. The number of para-hydroxylation sites is 1. The topological polar surface area (TPSA) is 50.2 Å². The van der Waals surface area contributed by atoms with Gasteiger partial charge < -0.3 is 5.11 Å². The summed E-state index contributed by atoms with van der Waals surface area (Å²) in [7, 11) is 0. The molecule has 0 amide bonds. The summed E-state index contributed by atoms with van der Waals surface area (Å²) in [6.07, 6.45) is 2.43. The van der Waals surface area contributed by atoms with Gasteiger partial charge in [0.15, 0.2) is 0 Å². The minimum Gasteiger partial charge on any atom is -0.481 e. The fraction of sp³-hybridized carbons (Fsp3) is 0.412. The normalized spacial score (nSPS) is 16.0. The second-order valence-corrected chi connectivity index (χ2v) is 6.99. The van der Waals surface area contributed by atoms with Crippen LogP contribution in [0.1, 0.15) is 30.5 Å². The van der Waals surface area contributed by atoms with Gasteiger partial charge in [0, 0.05) is 16.8 Å². The van der Waals surface area contributed by atoms with E-state index < -0.39 is 5.97 Å². The van der Waals surface area contributed by atoms with Crippen molar-refractivity contribution in [2.75, 3.05) is 5.75 Å². The van der Waals surface area contributed by atoms with E-state index in [2.05, 4.69) is 17.1 Å². The number of aryl methyl sites for hydroxylation is 1. The average Bonchev–Trinajstić information content (AvgIpc) is 3.17. The van der Waals surface area contributed by atoms with E-state index in [1.54, 1.807) is 0 Å². The summed E-state index contributed by atoms with van der Waals surface area (Å²) >= 11 is 1.85. The van der Waals surface area contributed by atoms with Crippen LogP contribution in [0.2, 0.25) is 0 Å². The fourth-order valence-electron chi connectivity index (χ4n) is 2.76. The molecule has 1 saturated carbocycles. The zero-order chi connectivity index (χ0) is 14.9. The highest BCUT2D eigenvalue weighted by Crippen LogP contribution is 2.51. The molecule has 1 N–H and O–H groups in total. The van der Waals surface area contributed by atoms with E-state index in [0.29, 0.717) is 6.42 Å². The molecule has 1 aliphatic rings. The van der Waals surface area contributed by atoms with Gasteiger partial charge in [-0.2, -0.15) is 11.8 Å². The van der Waals surface area contributed by atoms with Crippen molar-refractivity contribution in [1.29, 1.82) is 0 Å². The molecule has 1 aromatic heterocycles. The molecule has 3 rings (SSSR count). The molecule has 0 saturated heterocycles. The van der Waals surface area contributed by atoms with Crippen molar-refractivity contribution >= 4 is 28.6 Å². The summed E-state index contributed by atoms with van der Waals surface area (Å²) in [6.45, 7) is 2.02. The van der Waals surface area contributed by atoms with Crippen LogP contribution in [0.5, 0.6) is 0 Å². The first-order valence-corrected chi connectivity index (χ1v) is 8.38. The van der Waals surface area contributed by atoms with Gasteiger partial charge in [0.1, 0.15) is 0 Å². The lowest BCUT2D eigenvalue weighted by atomic mass is 10.1. The molecule has 3 nitrogen and oxygen atoms in total. The third kappa shape index (κ3) is 3.38. The Bertz CT molecular complexity index is 680. The highest BCUT2D eigenvalue weighted by molar-refractivity contribution is 7.98. The van der Waals surface area contributed by atoms with Crippen molar-refractivity contribution in [3.8, 4) is 0 Å². The molecule has 0 aliphatic heterocycles. The van der Waals surface area contributed by atoms with Gasteiger partial charge in [-0.15, -0.1) is 0 Å².